The van der Waals surface area contributed by atoms with Crippen molar-refractivity contribution in [2.75, 3.05) is 0 Å². The van der Waals surface area contributed by atoms with E-state index < -0.39 is 0 Å². The number of allylic oxidation sites excluding steroid dienone is 1. The van der Waals surface area contributed by atoms with Gasteiger partial charge in [-0.2, -0.15) is 0 Å². The highest BCUT2D eigenvalue weighted by Gasteiger charge is 2.13. The number of rotatable bonds is 6. The van der Waals surface area contributed by atoms with Crippen molar-refractivity contribution in [2.45, 2.75) is 17.5 Å². The lowest BCUT2D eigenvalue weighted by Crippen LogP contribution is -2.22. The van der Waals surface area contributed by atoms with E-state index in [1.807, 2.05) is 36.4 Å². The molecule has 0 N–H and O–H groups in total. The Morgan fingerprint density at radius 3 is 2.79 bits per heavy atom. The van der Waals surface area contributed by atoms with Crippen LogP contribution in [0.3, 0.4) is 0 Å². The Hall–Kier alpha value is -2.83. The van der Waals surface area contributed by atoms with Crippen LogP contribution in [0, 0.1) is 0 Å². The summed E-state index contributed by atoms with van der Waals surface area (Å²) in [4.78, 5) is 17.5. The molecule has 0 aliphatic carbocycles. The maximum absolute atomic E-state index is 12.9. The first-order chi connectivity index (χ1) is 13.7. The molecule has 0 radical (unpaired) electrons. The summed E-state index contributed by atoms with van der Waals surface area (Å²) in [5.74, 6) is 1.24. The molecule has 0 saturated heterocycles. The average molecular weight is 410 g/mol. The van der Waals surface area contributed by atoms with Crippen molar-refractivity contribution >= 4 is 34.3 Å². The molecular weight excluding hydrogens is 394 g/mol. The molecular formula is C21H16ClN3O2S. The van der Waals surface area contributed by atoms with Crippen LogP contribution < -0.4 is 5.56 Å². The first-order valence-electron chi connectivity index (χ1n) is 8.60. The smallest absolute Gasteiger partial charge is 0.262 e. The number of aromatic nitrogens is 3. The first-order valence-corrected chi connectivity index (χ1v) is 9.97. The van der Waals surface area contributed by atoms with Crippen molar-refractivity contribution in [3.05, 3.63) is 88.3 Å². The van der Waals surface area contributed by atoms with Crippen molar-refractivity contribution in [3.63, 3.8) is 0 Å². The zero-order valence-corrected chi connectivity index (χ0v) is 16.4. The van der Waals surface area contributed by atoms with Gasteiger partial charge in [-0.15, -0.1) is 6.58 Å². The van der Waals surface area contributed by atoms with Gasteiger partial charge in [-0.05, 0) is 18.2 Å². The Morgan fingerprint density at radius 2 is 2.00 bits per heavy atom. The summed E-state index contributed by atoms with van der Waals surface area (Å²) in [5.41, 5.74) is 2.22. The van der Waals surface area contributed by atoms with Gasteiger partial charge < -0.3 is 4.52 Å². The van der Waals surface area contributed by atoms with Gasteiger partial charge in [0.2, 0.25) is 0 Å². The number of thioether (sulfide) groups is 1. The predicted octanol–water partition coefficient (Wildman–Crippen LogP) is 5.18. The van der Waals surface area contributed by atoms with Gasteiger partial charge in [0.1, 0.15) is 0 Å². The average Bonchev–Trinajstić information content (AvgIpc) is 3.19. The summed E-state index contributed by atoms with van der Waals surface area (Å²) in [6.07, 6.45) is 1.67. The van der Waals surface area contributed by atoms with Crippen LogP contribution in [-0.2, 0) is 12.3 Å². The lowest BCUT2D eigenvalue weighted by Gasteiger charge is -2.11. The SMILES string of the molecule is C=CCn1c(SCc2cc(-c3ccccc3)on2)nc2ccc(Cl)cc2c1=O. The summed E-state index contributed by atoms with van der Waals surface area (Å²) in [6.45, 7) is 4.11. The van der Waals surface area contributed by atoms with E-state index in [0.717, 1.165) is 11.3 Å². The molecule has 0 aliphatic rings. The van der Waals surface area contributed by atoms with E-state index in [-0.39, 0.29) is 5.56 Å². The van der Waals surface area contributed by atoms with Gasteiger partial charge in [0.05, 0.1) is 16.6 Å². The van der Waals surface area contributed by atoms with Crippen molar-refractivity contribution in [2.24, 2.45) is 0 Å². The van der Waals surface area contributed by atoms with E-state index in [4.69, 9.17) is 16.1 Å². The Balaban J connectivity index is 1.63. The zero-order chi connectivity index (χ0) is 19.5. The van der Waals surface area contributed by atoms with Crippen molar-refractivity contribution < 1.29 is 4.52 Å². The van der Waals surface area contributed by atoms with Crippen LogP contribution >= 0.6 is 23.4 Å². The van der Waals surface area contributed by atoms with E-state index >= 15 is 0 Å². The van der Waals surface area contributed by atoms with E-state index in [9.17, 15) is 4.79 Å². The predicted molar refractivity (Wildman–Crippen MR) is 113 cm³/mol. The van der Waals surface area contributed by atoms with E-state index in [1.165, 1.54) is 11.8 Å². The van der Waals surface area contributed by atoms with Gasteiger partial charge >= 0.3 is 0 Å². The number of nitrogens with zero attached hydrogens (tertiary/aromatic N) is 3. The highest BCUT2D eigenvalue weighted by Crippen LogP contribution is 2.26. The largest absolute Gasteiger partial charge is 0.356 e. The number of benzene rings is 2. The third-order valence-corrected chi connectivity index (χ3v) is 5.40. The van der Waals surface area contributed by atoms with Crippen molar-refractivity contribution in [1.82, 2.24) is 14.7 Å². The molecule has 2 aromatic carbocycles. The fraction of sp³-hybridized carbons (Fsp3) is 0.0952. The summed E-state index contributed by atoms with van der Waals surface area (Å²) in [6, 6.07) is 16.8. The maximum atomic E-state index is 12.9. The van der Waals surface area contributed by atoms with E-state index in [1.54, 1.807) is 28.8 Å². The molecule has 0 spiro atoms. The second-order valence-electron chi connectivity index (χ2n) is 6.10. The molecule has 2 heterocycles. The Morgan fingerprint density at radius 1 is 1.18 bits per heavy atom. The van der Waals surface area contributed by atoms with Crippen LogP contribution in [0.2, 0.25) is 5.02 Å². The lowest BCUT2D eigenvalue weighted by atomic mass is 10.2. The highest BCUT2D eigenvalue weighted by atomic mass is 35.5. The molecule has 0 fully saturated rings. The summed E-state index contributed by atoms with van der Waals surface area (Å²) in [7, 11) is 0. The van der Waals surface area contributed by atoms with Crippen LogP contribution in [0.15, 0.2) is 81.7 Å². The minimum Gasteiger partial charge on any atom is -0.356 e. The molecule has 4 rings (SSSR count). The number of halogens is 1. The van der Waals surface area contributed by atoms with Crippen molar-refractivity contribution in [3.8, 4) is 11.3 Å². The molecule has 0 saturated carbocycles. The minimum atomic E-state index is -0.139. The molecule has 2 aromatic heterocycles. The summed E-state index contributed by atoms with van der Waals surface area (Å²) < 4.78 is 7.03. The highest BCUT2D eigenvalue weighted by molar-refractivity contribution is 7.98. The molecule has 140 valence electrons. The topological polar surface area (TPSA) is 60.9 Å². The first kappa shape index (κ1) is 18.5. The molecule has 5 nitrogen and oxygen atoms in total. The third-order valence-electron chi connectivity index (χ3n) is 4.16. The quantitative estimate of drug-likeness (QED) is 0.249. The second kappa shape index (κ2) is 8.04. The van der Waals surface area contributed by atoms with Crippen LogP contribution in [0.25, 0.3) is 22.2 Å². The standard InChI is InChI=1S/C21H16ClN3O2S/c1-2-10-25-20(26)17-11-15(22)8-9-18(17)23-21(25)28-13-16-12-19(27-24-16)14-6-4-3-5-7-14/h2-9,11-12H,1,10,13H2. The van der Waals surface area contributed by atoms with Gasteiger partial charge in [0.25, 0.3) is 5.56 Å². The Labute approximate surface area is 170 Å². The summed E-state index contributed by atoms with van der Waals surface area (Å²) >= 11 is 7.46. The molecule has 0 bridgehead atoms. The van der Waals surface area contributed by atoms with Gasteiger partial charge in [0.15, 0.2) is 10.9 Å². The molecule has 28 heavy (non-hydrogen) atoms. The molecule has 0 unspecified atom stereocenters. The molecule has 4 aromatic rings. The van der Waals surface area contributed by atoms with Crippen LogP contribution in [-0.4, -0.2) is 14.7 Å². The number of hydrogen-bond donors (Lipinski definition) is 0. The number of hydrogen-bond acceptors (Lipinski definition) is 5. The lowest BCUT2D eigenvalue weighted by molar-refractivity contribution is 0.426. The zero-order valence-electron chi connectivity index (χ0n) is 14.8. The number of fused-ring (bicyclic) bond motifs is 1. The summed E-state index contributed by atoms with van der Waals surface area (Å²) in [5, 5.41) is 5.73. The van der Waals surface area contributed by atoms with Crippen molar-refractivity contribution in [1.29, 1.82) is 0 Å². The minimum absolute atomic E-state index is 0.139. The maximum Gasteiger partial charge on any atom is 0.262 e. The molecule has 0 amide bonds. The Bertz CT molecular complexity index is 1200. The molecule has 7 heteroatoms. The van der Waals surface area contributed by atoms with Gasteiger partial charge in [-0.3, -0.25) is 9.36 Å². The third kappa shape index (κ3) is 3.74. The van der Waals surface area contributed by atoms with Crippen LogP contribution in [0.5, 0.6) is 0 Å². The van der Waals surface area contributed by atoms with E-state index in [0.29, 0.717) is 39.1 Å². The van der Waals surface area contributed by atoms with Gasteiger partial charge in [0, 0.05) is 29.0 Å². The second-order valence-corrected chi connectivity index (χ2v) is 7.48. The molecule has 0 aliphatic heterocycles. The molecule has 0 atom stereocenters. The van der Waals surface area contributed by atoms with Crippen LogP contribution in [0.1, 0.15) is 5.69 Å². The van der Waals surface area contributed by atoms with E-state index in [2.05, 4.69) is 16.7 Å². The fourth-order valence-electron chi connectivity index (χ4n) is 2.83. The normalized spacial score (nSPS) is 11.0. The monoisotopic (exact) mass is 409 g/mol. The van der Waals surface area contributed by atoms with Gasteiger partial charge in [-0.25, -0.2) is 4.98 Å². The fourth-order valence-corrected chi connectivity index (χ4v) is 3.89. The Kier molecular flexibility index (Phi) is 5.32. The van der Waals surface area contributed by atoms with Gasteiger partial charge in [-0.1, -0.05) is 64.9 Å². The van der Waals surface area contributed by atoms with Crippen LogP contribution in [0.4, 0.5) is 0 Å².